The summed E-state index contributed by atoms with van der Waals surface area (Å²) < 4.78 is 1.72. The highest BCUT2D eigenvalue weighted by atomic mass is 16.1. The van der Waals surface area contributed by atoms with Crippen molar-refractivity contribution >= 4 is 5.82 Å². The number of nitrogens with one attached hydrogen (secondary N) is 1. The molecule has 0 amide bonds. The van der Waals surface area contributed by atoms with Crippen molar-refractivity contribution in [1.82, 2.24) is 14.5 Å². The first-order valence-corrected chi connectivity index (χ1v) is 6.41. The number of hydrogen-bond acceptors (Lipinski definition) is 4. The van der Waals surface area contributed by atoms with Gasteiger partial charge in [0, 0.05) is 30.5 Å². The Hall–Kier alpha value is -1.36. The molecule has 0 bridgehead atoms. The highest BCUT2D eigenvalue weighted by Crippen LogP contribution is 2.13. The van der Waals surface area contributed by atoms with Gasteiger partial charge < -0.3 is 14.8 Å². The molecule has 1 fully saturated rings. The number of hydrogen-bond donors (Lipinski definition) is 1. The van der Waals surface area contributed by atoms with E-state index in [9.17, 15) is 4.79 Å². The number of nitrogens with zero attached hydrogens (tertiary/aromatic N) is 3. The van der Waals surface area contributed by atoms with Gasteiger partial charge in [0.1, 0.15) is 0 Å². The van der Waals surface area contributed by atoms with Crippen molar-refractivity contribution in [3.8, 4) is 0 Å². The van der Waals surface area contributed by atoms with Gasteiger partial charge in [0.2, 0.25) is 0 Å². The lowest BCUT2D eigenvalue weighted by molar-refractivity contribution is 0.382. The minimum atomic E-state index is -0.219. The summed E-state index contributed by atoms with van der Waals surface area (Å²) in [5.41, 5.74) is -0.261. The maximum Gasteiger partial charge on any atom is 0.293 e. The second kappa shape index (κ2) is 4.72. The molecule has 2 rings (SSSR count). The summed E-state index contributed by atoms with van der Waals surface area (Å²) in [6.07, 6.45) is 4.49. The van der Waals surface area contributed by atoms with E-state index in [0.29, 0.717) is 11.9 Å². The van der Waals surface area contributed by atoms with Crippen LogP contribution in [-0.2, 0) is 5.54 Å². The molecule has 5 nitrogen and oxygen atoms in total. The van der Waals surface area contributed by atoms with Crippen molar-refractivity contribution in [2.24, 2.45) is 0 Å². The van der Waals surface area contributed by atoms with Crippen LogP contribution in [0.2, 0.25) is 0 Å². The fourth-order valence-corrected chi connectivity index (χ4v) is 2.28. The molecule has 0 aliphatic carbocycles. The fourth-order valence-electron chi connectivity index (χ4n) is 2.28. The Labute approximate surface area is 108 Å². The molecule has 1 aliphatic heterocycles. The summed E-state index contributed by atoms with van der Waals surface area (Å²) in [5, 5.41) is 3.27. The van der Waals surface area contributed by atoms with E-state index in [4.69, 9.17) is 0 Å². The van der Waals surface area contributed by atoms with E-state index in [1.165, 1.54) is 0 Å². The topological polar surface area (TPSA) is 50.2 Å². The number of likely N-dealkylation sites (tertiary alicyclic amines) is 1. The molecule has 1 atom stereocenters. The molecule has 0 radical (unpaired) electrons. The molecule has 2 heterocycles. The molecule has 0 aromatic carbocycles. The first-order chi connectivity index (χ1) is 8.38. The van der Waals surface area contributed by atoms with Crippen molar-refractivity contribution in [2.75, 3.05) is 25.5 Å². The van der Waals surface area contributed by atoms with Crippen molar-refractivity contribution in [2.45, 2.75) is 38.8 Å². The van der Waals surface area contributed by atoms with Gasteiger partial charge in [-0.15, -0.1) is 0 Å². The predicted octanol–water partition coefficient (Wildman–Crippen LogP) is 1.11. The Balaban J connectivity index is 2.22. The van der Waals surface area contributed by atoms with Crippen molar-refractivity contribution in [3.63, 3.8) is 0 Å². The van der Waals surface area contributed by atoms with Gasteiger partial charge in [-0.3, -0.25) is 4.79 Å². The second-order valence-electron chi connectivity index (χ2n) is 6.01. The van der Waals surface area contributed by atoms with Crippen LogP contribution in [0.25, 0.3) is 0 Å². The third kappa shape index (κ3) is 2.72. The lowest BCUT2D eigenvalue weighted by atomic mass is 10.1. The second-order valence-corrected chi connectivity index (χ2v) is 6.01. The van der Waals surface area contributed by atoms with Crippen LogP contribution < -0.4 is 10.9 Å². The minimum Gasteiger partial charge on any atom is -0.361 e. The van der Waals surface area contributed by atoms with Crippen LogP contribution in [0.15, 0.2) is 17.2 Å². The summed E-state index contributed by atoms with van der Waals surface area (Å²) in [7, 11) is 2.09. The van der Waals surface area contributed by atoms with Gasteiger partial charge >= 0.3 is 0 Å². The average molecular weight is 250 g/mol. The lowest BCUT2D eigenvalue weighted by Gasteiger charge is -2.23. The van der Waals surface area contributed by atoms with E-state index in [-0.39, 0.29) is 11.1 Å². The molecular formula is C13H22N4O. The quantitative estimate of drug-likeness (QED) is 0.854. The zero-order valence-electron chi connectivity index (χ0n) is 11.6. The first kappa shape index (κ1) is 13.1. The first-order valence-electron chi connectivity index (χ1n) is 6.41. The third-order valence-electron chi connectivity index (χ3n) is 3.30. The van der Waals surface area contributed by atoms with Gasteiger partial charge in [0.25, 0.3) is 5.56 Å². The maximum absolute atomic E-state index is 12.3. The van der Waals surface area contributed by atoms with Crippen LogP contribution in [0.3, 0.4) is 0 Å². The zero-order chi connectivity index (χ0) is 13.3. The van der Waals surface area contributed by atoms with Crippen LogP contribution in [0.5, 0.6) is 0 Å². The third-order valence-corrected chi connectivity index (χ3v) is 3.30. The smallest absolute Gasteiger partial charge is 0.293 e. The normalized spacial score (nSPS) is 21.2. The predicted molar refractivity (Wildman–Crippen MR) is 73.0 cm³/mol. The van der Waals surface area contributed by atoms with E-state index in [1.807, 2.05) is 20.8 Å². The summed E-state index contributed by atoms with van der Waals surface area (Å²) in [6.45, 7) is 8.08. The summed E-state index contributed by atoms with van der Waals surface area (Å²) in [5.74, 6) is 0.465. The van der Waals surface area contributed by atoms with Crippen molar-refractivity contribution in [1.29, 1.82) is 0 Å². The van der Waals surface area contributed by atoms with Gasteiger partial charge in [-0.25, -0.2) is 4.98 Å². The molecule has 100 valence electrons. The van der Waals surface area contributed by atoms with Gasteiger partial charge in [0.15, 0.2) is 5.82 Å². The number of anilines is 1. The average Bonchev–Trinajstić information content (AvgIpc) is 2.65. The number of rotatable bonds is 2. The van der Waals surface area contributed by atoms with E-state index >= 15 is 0 Å². The van der Waals surface area contributed by atoms with E-state index in [2.05, 4.69) is 22.2 Å². The Kier molecular flexibility index (Phi) is 3.43. The van der Waals surface area contributed by atoms with Crippen LogP contribution in [0, 0.1) is 0 Å². The van der Waals surface area contributed by atoms with Gasteiger partial charge in [-0.05, 0) is 40.8 Å². The molecule has 1 aliphatic rings. The summed E-state index contributed by atoms with van der Waals surface area (Å²) in [4.78, 5) is 18.7. The largest absolute Gasteiger partial charge is 0.361 e. The summed E-state index contributed by atoms with van der Waals surface area (Å²) >= 11 is 0. The van der Waals surface area contributed by atoms with Crippen molar-refractivity contribution in [3.05, 3.63) is 22.7 Å². The van der Waals surface area contributed by atoms with Gasteiger partial charge in [-0.1, -0.05) is 0 Å². The Morgan fingerprint density at radius 3 is 2.72 bits per heavy atom. The molecule has 0 spiro atoms. The fraction of sp³-hybridized carbons (Fsp3) is 0.692. The minimum absolute atomic E-state index is 0.0421. The summed E-state index contributed by atoms with van der Waals surface area (Å²) in [6, 6.07) is 0.325. The van der Waals surface area contributed by atoms with E-state index in [1.54, 1.807) is 17.0 Å². The number of likely N-dealkylation sites (N-methyl/N-ethyl adjacent to an activating group) is 1. The molecule has 1 aromatic rings. The SMILES string of the molecule is CN1CCC(Nc2nccn(C(C)(C)C)c2=O)C1. The molecule has 5 heteroatoms. The van der Waals surface area contributed by atoms with Crippen molar-refractivity contribution < 1.29 is 0 Å². The molecule has 1 unspecified atom stereocenters. The molecule has 1 N–H and O–H groups in total. The van der Waals surface area contributed by atoms with Crippen LogP contribution in [0.4, 0.5) is 5.82 Å². The monoisotopic (exact) mass is 250 g/mol. The van der Waals surface area contributed by atoms with Gasteiger partial charge in [0.05, 0.1) is 0 Å². The molecule has 0 saturated carbocycles. The Morgan fingerprint density at radius 1 is 1.44 bits per heavy atom. The van der Waals surface area contributed by atoms with Crippen LogP contribution in [0.1, 0.15) is 27.2 Å². The van der Waals surface area contributed by atoms with E-state index in [0.717, 1.165) is 19.5 Å². The standard InChI is InChI=1S/C13H22N4O/c1-13(2,3)17-8-6-14-11(12(17)18)15-10-5-7-16(4)9-10/h6,8,10H,5,7,9H2,1-4H3,(H,14,15). The maximum atomic E-state index is 12.3. The lowest BCUT2D eigenvalue weighted by Crippen LogP contribution is -2.37. The van der Waals surface area contributed by atoms with E-state index < -0.39 is 0 Å². The van der Waals surface area contributed by atoms with Crippen LogP contribution in [-0.4, -0.2) is 40.6 Å². The highest BCUT2D eigenvalue weighted by Gasteiger charge is 2.22. The Bertz CT molecular complexity index is 475. The highest BCUT2D eigenvalue weighted by molar-refractivity contribution is 5.33. The molecular weight excluding hydrogens is 228 g/mol. The van der Waals surface area contributed by atoms with Gasteiger partial charge in [-0.2, -0.15) is 0 Å². The Morgan fingerprint density at radius 2 is 2.17 bits per heavy atom. The molecule has 1 saturated heterocycles. The molecule has 18 heavy (non-hydrogen) atoms. The molecule has 1 aromatic heterocycles. The van der Waals surface area contributed by atoms with Crippen LogP contribution >= 0.6 is 0 Å². The zero-order valence-corrected chi connectivity index (χ0v) is 11.6. The number of aromatic nitrogens is 2.